The van der Waals surface area contributed by atoms with Gasteiger partial charge in [0.15, 0.2) is 0 Å². The number of benzene rings is 1. The molecule has 0 atom stereocenters. The number of fused-ring (bicyclic) bond motifs is 1. The summed E-state index contributed by atoms with van der Waals surface area (Å²) in [5, 5.41) is 0. The van der Waals surface area contributed by atoms with E-state index in [-0.39, 0.29) is 5.56 Å². The summed E-state index contributed by atoms with van der Waals surface area (Å²) in [5.41, 5.74) is 1.78. The Morgan fingerprint density at radius 2 is 2.29 bits per heavy atom. The summed E-state index contributed by atoms with van der Waals surface area (Å²) in [5.74, 6) is 1.68. The predicted molar refractivity (Wildman–Crippen MR) is 84.5 cm³/mol. The van der Waals surface area contributed by atoms with Crippen LogP contribution in [0.25, 0.3) is 17.1 Å². The van der Waals surface area contributed by atoms with Crippen molar-refractivity contribution in [1.29, 1.82) is 0 Å². The maximum Gasteiger partial charge on any atom is 0.274 e. The molecule has 4 nitrogen and oxygen atoms in total. The highest BCUT2D eigenvalue weighted by Gasteiger charge is 2.19. The quantitative estimate of drug-likeness (QED) is 0.826. The molecule has 0 radical (unpaired) electrons. The second-order valence-electron chi connectivity index (χ2n) is 5.61. The van der Waals surface area contributed by atoms with Crippen LogP contribution in [-0.2, 0) is 0 Å². The minimum Gasteiger partial charge on any atom is -0.497 e. The van der Waals surface area contributed by atoms with E-state index in [0.29, 0.717) is 17.0 Å². The fourth-order valence-electron chi connectivity index (χ4n) is 2.45. The molecule has 1 aliphatic rings. The highest BCUT2D eigenvalue weighted by Crippen LogP contribution is 2.33. The lowest BCUT2D eigenvalue weighted by atomic mass is 10.1. The van der Waals surface area contributed by atoms with Crippen molar-refractivity contribution < 1.29 is 4.74 Å². The zero-order chi connectivity index (χ0) is 14.7. The van der Waals surface area contributed by atoms with E-state index in [9.17, 15) is 4.79 Å². The number of aromatic amines is 1. The van der Waals surface area contributed by atoms with Gasteiger partial charge < -0.3 is 9.72 Å². The van der Waals surface area contributed by atoms with Gasteiger partial charge in [0.1, 0.15) is 11.4 Å². The largest absolute Gasteiger partial charge is 0.497 e. The Morgan fingerprint density at radius 3 is 3.05 bits per heavy atom. The van der Waals surface area contributed by atoms with Gasteiger partial charge in [-0.3, -0.25) is 4.79 Å². The summed E-state index contributed by atoms with van der Waals surface area (Å²) in [4.78, 5) is 19.3. The normalized spacial score (nSPS) is 14.9. The molecule has 1 aliphatic carbocycles. The first-order valence-corrected chi connectivity index (χ1v) is 7.51. The lowest BCUT2D eigenvalue weighted by molar-refractivity contribution is 0.415. The van der Waals surface area contributed by atoms with E-state index in [2.05, 4.69) is 16.0 Å². The van der Waals surface area contributed by atoms with Crippen LogP contribution in [0.3, 0.4) is 0 Å². The van der Waals surface area contributed by atoms with E-state index >= 15 is 0 Å². The molecule has 0 saturated heterocycles. The van der Waals surface area contributed by atoms with E-state index in [1.165, 1.54) is 25.7 Å². The molecule has 1 fully saturated rings. The molecule has 4 heteroatoms. The van der Waals surface area contributed by atoms with Gasteiger partial charge in [-0.15, -0.1) is 0 Å². The van der Waals surface area contributed by atoms with Gasteiger partial charge in [0.2, 0.25) is 0 Å². The van der Waals surface area contributed by atoms with Crippen molar-refractivity contribution in [3.63, 3.8) is 0 Å². The van der Waals surface area contributed by atoms with E-state index in [4.69, 9.17) is 4.74 Å². The molecule has 0 aliphatic heterocycles. The van der Waals surface area contributed by atoms with Crippen LogP contribution in [0, 0.1) is 5.92 Å². The zero-order valence-corrected chi connectivity index (χ0v) is 12.3. The van der Waals surface area contributed by atoms with Crippen molar-refractivity contribution >= 4 is 17.1 Å². The fourth-order valence-corrected chi connectivity index (χ4v) is 2.45. The average Bonchev–Trinajstić information content (AvgIpc) is 3.31. The molecule has 2 aromatic rings. The zero-order valence-electron chi connectivity index (χ0n) is 12.3. The van der Waals surface area contributed by atoms with Crippen molar-refractivity contribution in [3.8, 4) is 5.75 Å². The number of nitrogens with one attached hydrogen (secondary N) is 1. The van der Waals surface area contributed by atoms with Gasteiger partial charge in [0, 0.05) is 6.07 Å². The lowest BCUT2D eigenvalue weighted by Gasteiger charge is -2.02. The topological polar surface area (TPSA) is 55.0 Å². The first-order valence-electron chi connectivity index (χ1n) is 7.51. The Hall–Kier alpha value is -2.10. The number of H-pyrrole nitrogens is 1. The monoisotopic (exact) mass is 284 g/mol. The summed E-state index contributed by atoms with van der Waals surface area (Å²) in [6, 6.07) is 5.48. The number of methoxy groups -OCH3 is 1. The summed E-state index contributed by atoms with van der Waals surface area (Å²) < 4.78 is 5.14. The highest BCUT2D eigenvalue weighted by atomic mass is 16.5. The number of allylic oxidation sites excluding steroid dienone is 1. The molecule has 1 heterocycles. The van der Waals surface area contributed by atoms with Crippen molar-refractivity contribution in [2.45, 2.75) is 32.1 Å². The molecule has 0 bridgehead atoms. The second kappa shape index (κ2) is 6.12. The molecule has 110 valence electrons. The van der Waals surface area contributed by atoms with Crippen LogP contribution >= 0.6 is 0 Å². The summed E-state index contributed by atoms with van der Waals surface area (Å²) in [6.45, 7) is 0. The minimum atomic E-state index is -0.158. The number of aromatic nitrogens is 2. The van der Waals surface area contributed by atoms with E-state index in [0.717, 1.165) is 17.9 Å². The number of rotatable bonds is 6. The van der Waals surface area contributed by atoms with Crippen molar-refractivity contribution in [2.24, 2.45) is 5.92 Å². The van der Waals surface area contributed by atoms with Crippen LogP contribution in [0.2, 0.25) is 0 Å². The first-order chi connectivity index (χ1) is 10.3. The van der Waals surface area contributed by atoms with Gasteiger partial charge in [-0.2, -0.15) is 0 Å². The van der Waals surface area contributed by atoms with E-state index < -0.39 is 0 Å². The van der Waals surface area contributed by atoms with Crippen LogP contribution in [0.15, 0.2) is 29.1 Å². The molecule has 21 heavy (non-hydrogen) atoms. The molecule has 1 aromatic carbocycles. The van der Waals surface area contributed by atoms with Crippen LogP contribution < -0.4 is 10.3 Å². The molecule has 3 rings (SSSR count). The summed E-state index contributed by atoms with van der Waals surface area (Å²) in [6.07, 6.45) is 10.2. The van der Waals surface area contributed by atoms with Gasteiger partial charge in [0.25, 0.3) is 5.56 Å². The minimum absolute atomic E-state index is 0.158. The molecule has 1 saturated carbocycles. The van der Waals surface area contributed by atoms with Crippen LogP contribution in [0.5, 0.6) is 5.75 Å². The van der Waals surface area contributed by atoms with Crippen LogP contribution in [-0.4, -0.2) is 17.1 Å². The van der Waals surface area contributed by atoms with E-state index in [1.54, 1.807) is 13.2 Å². The predicted octanol–water partition coefficient (Wildman–Crippen LogP) is 3.53. The molecule has 0 spiro atoms. The Balaban J connectivity index is 1.73. The summed E-state index contributed by atoms with van der Waals surface area (Å²) >= 11 is 0. The molecule has 1 aromatic heterocycles. The lowest BCUT2D eigenvalue weighted by Crippen LogP contribution is -2.11. The fraction of sp³-hybridized carbons (Fsp3) is 0.412. The maximum absolute atomic E-state index is 12.0. The Kier molecular flexibility index (Phi) is 4.04. The SMILES string of the molecule is COc1ccc2nc(/C=C/CCCC3CC3)c(=O)[nH]c2c1. The Bertz CT molecular complexity index is 714. The van der Waals surface area contributed by atoms with Gasteiger partial charge >= 0.3 is 0 Å². The van der Waals surface area contributed by atoms with Crippen molar-refractivity contribution in [1.82, 2.24) is 9.97 Å². The molecule has 0 unspecified atom stereocenters. The summed E-state index contributed by atoms with van der Waals surface area (Å²) in [7, 11) is 1.60. The molecular formula is C17H20N2O2. The van der Waals surface area contributed by atoms with Crippen molar-refractivity contribution in [3.05, 3.63) is 40.3 Å². The molecule has 0 amide bonds. The first kappa shape index (κ1) is 13.9. The Labute approximate surface area is 123 Å². The van der Waals surface area contributed by atoms with Crippen molar-refractivity contribution in [2.75, 3.05) is 7.11 Å². The molecule has 1 N–H and O–H groups in total. The third-order valence-electron chi connectivity index (χ3n) is 3.88. The third-order valence-corrected chi connectivity index (χ3v) is 3.88. The average molecular weight is 284 g/mol. The highest BCUT2D eigenvalue weighted by molar-refractivity contribution is 5.76. The van der Waals surface area contributed by atoms with Gasteiger partial charge in [-0.25, -0.2) is 4.98 Å². The van der Waals surface area contributed by atoms with Crippen LogP contribution in [0.1, 0.15) is 37.8 Å². The van der Waals surface area contributed by atoms with Crippen LogP contribution in [0.4, 0.5) is 0 Å². The van der Waals surface area contributed by atoms with Gasteiger partial charge in [0.05, 0.1) is 18.1 Å². The number of unbranched alkanes of at least 4 members (excludes halogenated alkanes) is 1. The smallest absolute Gasteiger partial charge is 0.274 e. The number of ether oxygens (including phenoxy) is 1. The van der Waals surface area contributed by atoms with Gasteiger partial charge in [-0.05, 0) is 37.0 Å². The third kappa shape index (κ3) is 3.51. The maximum atomic E-state index is 12.0. The molecular weight excluding hydrogens is 264 g/mol. The number of nitrogens with zero attached hydrogens (tertiary/aromatic N) is 1. The number of hydrogen-bond donors (Lipinski definition) is 1. The number of hydrogen-bond acceptors (Lipinski definition) is 3. The van der Waals surface area contributed by atoms with Gasteiger partial charge in [-0.1, -0.05) is 25.3 Å². The van der Waals surface area contributed by atoms with E-state index in [1.807, 2.05) is 18.2 Å². The standard InChI is InChI=1S/C17H20N2O2/c1-21-13-9-10-14-16(11-13)19-17(20)15(18-14)6-4-2-3-5-12-7-8-12/h4,6,9-12H,2-3,5,7-8H2,1H3,(H,19,20)/b6-4+. The second-order valence-corrected chi connectivity index (χ2v) is 5.61. The Morgan fingerprint density at radius 1 is 1.43 bits per heavy atom.